The van der Waals surface area contributed by atoms with E-state index in [0.29, 0.717) is 30.1 Å². The summed E-state index contributed by atoms with van der Waals surface area (Å²) in [6.07, 6.45) is 0.892. The Hall–Kier alpha value is -1.60. The molecule has 0 spiro atoms. The van der Waals surface area contributed by atoms with Crippen LogP contribution in [-0.4, -0.2) is 48.8 Å². The summed E-state index contributed by atoms with van der Waals surface area (Å²) in [7, 11) is 1.64. The van der Waals surface area contributed by atoms with E-state index in [4.69, 9.17) is 4.74 Å². The first-order valence-corrected chi connectivity index (χ1v) is 7.39. The van der Waals surface area contributed by atoms with Crippen LogP contribution in [0.5, 0.6) is 0 Å². The molecule has 6 nitrogen and oxygen atoms in total. The summed E-state index contributed by atoms with van der Waals surface area (Å²) in [5, 5.41) is 11.9. The minimum Gasteiger partial charge on any atom is -0.478 e. The fourth-order valence-corrected chi connectivity index (χ4v) is 2.87. The number of hydrogen-bond donors (Lipinski definition) is 2. The molecule has 2 amide bonds. The van der Waals surface area contributed by atoms with Crippen LogP contribution in [0.2, 0.25) is 0 Å². The van der Waals surface area contributed by atoms with E-state index >= 15 is 0 Å². The molecule has 2 rings (SSSR count). The van der Waals surface area contributed by atoms with Gasteiger partial charge in [-0.1, -0.05) is 6.07 Å². The van der Waals surface area contributed by atoms with Crippen LogP contribution in [-0.2, 0) is 4.74 Å². The number of urea groups is 1. The van der Waals surface area contributed by atoms with E-state index in [0.717, 1.165) is 6.42 Å². The molecule has 1 saturated heterocycles. The highest BCUT2D eigenvalue weighted by Crippen LogP contribution is 2.27. The fraction of sp³-hybridized carbons (Fsp3) is 0.429. The number of carbonyl (C=O) groups excluding carboxylic acids is 1. The van der Waals surface area contributed by atoms with Gasteiger partial charge in [-0.2, -0.15) is 0 Å². The van der Waals surface area contributed by atoms with Gasteiger partial charge in [0, 0.05) is 30.6 Å². The Morgan fingerprint density at radius 3 is 2.95 bits per heavy atom. The number of ether oxygens (including phenoxy) is 1. The highest BCUT2D eigenvalue weighted by atomic mass is 79.9. The normalized spacial score (nSPS) is 17.8. The lowest BCUT2D eigenvalue weighted by Gasteiger charge is -2.19. The SMILES string of the molecule is COCC1CCN(C(=O)Nc2c(Br)cccc2C(=O)O)C1. The average Bonchev–Trinajstić information content (AvgIpc) is 2.90. The number of para-hydroxylation sites is 1. The Morgan fingerprint density at radius 2 is 2.29 bits per heavy atom. The van der Waals surface area contributed by atoms with Crippen molar-refractivity contribution in [3.05, 3.63) is 28.2 Å². The van der Waals surface area contributed by atoms with Crippen LogP contribution >= 0.6 is 15.9 Å². The Labute approximate surface area is 131 Å². The van der Waals surface area contributed by atoms with Crippen molar-refractivity contribution >= 4 is 33.6 Å². The lowest BCUT2D eigenvalue weighted by Crippen LogP contribution is -2.34. The van der Waals surface area contributed by atoms with Crippen LogP contribution in [0.1, 0.15) is 16.8 Å². The third-order valence-electron chi connectivity index (χ3n) is 3.45. The third-order valence-corrected chi connectivity index (χ3v) is 4.11. The number of aromatic carboxylic acids is 1. The first kappa shape index (κ1) is 15.8. The van der Waals surface area contributed by atoms with Crippen molar-refractivity contribution in [2.45, 2.75) is 6.42 Å². The molecule has 1 atom stereocenters. The molecule has 1 aromatic rings. The van der Waals surface area contributed by atoms with Crippen LogP contribution < -0.4 is 5.32 Å². The van der Waals surface area contributed by atoms with E-state index in [9.17, 15) is 14.7 Å². The number of amides is 2. The second-order valence-electron chi connectivity index (χ2n) is 4.95. The first-order chi connectivity index (χ1) is 10.0. The molecule has 1 heterocycles. The highest BCUT2D eigenvalue weighted by molar-refractivity contribution is 9.10. The fourth-order valence-electron chi connectivity index (χ4n) is 2.40. The standard InChI is InChI=1S/C14H17BrN2O4/c1-21-8-9-5-6-17(7-9)14(20)16-12-10(13(18)19)3-2-4-11(12)15/h2-4,9H,5-8H2,1H3,(H,16,20)(H,18,19). The number of likely N-dealkylation sites (tertiary alicyclic amines) is 1. The number of rotatable bonds is 4. The molecule has 114 valence electrons. The van der Waals surface area contributed by atoms with Gasteiger partial charge in [-0.15, -0.1) is 0 Å². The maximum Gasteiger partial charge on any atom is 0.337 e. The summed E-state index contributed by atoms with van der Waals surface area (Å²) in [4.78, 5) is 25.1. The molecule has 0 saturated carbocycles. The zero-order valence-corrected chi connectivity index (χ0v) is 13.2. The average molecular weight is 357 g/mol. The zero-order chi connectivity index (χ0) is 15.4. The smallest absolute Gasteiger partial charge is 0.337 e. The van der Waals surface area contributed by atoms with E-state index in [1.165, 1.54) is 6.07 Å². The van der Waals surface area contributed by atoms with Gasteiger partial charge in [0.15, 0.2) is 0 Å². The molecule has 2 N–H and O–H groups in total. The molecule has 7 heteroatoms. The summed E-state index contributed by atoms with van der Waals surface area (Å²) < 4.78 is 5.64. The molecule has 0 aromatic heterocycles. The molecule has 1 unspecified atom stereocenters. The Balaban J connectivity index is 2.09. The number of carboxylic acids is 1. The predicted molar refractivity (Wildman–Crippen MR) is 81.7 cm³/mol. The summed E-state index contributed by atoms with van der Waals surface area (Å²) in [5.41, 5.74) is 0.343. The number of nitrogens with zero attached hydrogens (tertiary/aromatic N) is 1. The quantitative estimate of drug-likeness (QED) is 0.868. The number of carbonyl (C=O) groups is 2. The monoisotopic (exact) mass is 356 g/mol. The third kappa shape index (κ3) is 3.74. The molecule has 0 aliphatic carbocycles. The van der Waals surface area contributed by atoms with Crippen molar-refractivity contribution in [2.75, 3.05) is 32.1 Å². The second-order valence-corrected chi connectivity index (χ2v) is 5.81. The van der Waals surface area contributed by atoms with E-state index in [1.54, 1.807) is 24.1 Å². The van der Waals surface area contributed by atoms with Gasteiger partial charge in [0.1, 0.15) is 0 Å². The van der Waals surface area contributed by atoms with Gasteiger partial charge in [-0.25, -0.2) is 9.59 Å². The number of hydrogen-bond acceptors (Lipinski definition) is 3. The zero-order valence-electron chi connectivity index (χ0n) is 11.6. The summed E-state index contributed by atoms with van der Waals surface area (Å²) in [5.74, 6) is -0.746. The topological polar surface area (TPSA) is 78.9 Å². The van der Waals surface area contributed by atoms with Crippen molar-refractivity contribution in [3.63, 3.8) is 0 Å². The second kappa shape index (κ2) is 6.91. The number of anilines is 1. The molecule has 0 bridgehead atoms. The number of carboxylic acid groups (broad SMARTS) is 1. The van der Waals surface area contributed by atoms with Gasteiger partial charge in [0.05, 0.1) is 17.9 Å². The van der Waals surface area contributed by atoms with E-state index in [2.05, 4.69) is 21.2 Å². The van der Waals surface area contributed by atoms with Gasteiger partial charge in [0.25, 0.3) is 0 Å². The molecule has 21 heavy (non-hydrogen) atoms. The maximum atomic E-state index is 12.3. The van der Waals surface area contributed by atoms with Crippen molar-refractivity contribution in [3.8, 4) is 0 Å². The van der Waals surface area contributed by atoms with Crippen LogP contribution in [0.4, 0.5) is 10.5 Å². The van der Waals surface area contributed by atoms with Crippen molar-refractivity contribution < 1.29 is 19.4 Å². The molecule has 1 aliphatic rings. The predicted octanol–water partition coefficient (Wildman–Crippen LogP) is 2.65. The molecule has 1 aromatic carbocycles. The van der Waals surface area contributed by atoms with Gasteiger partial charge in [-0.05, 0) is 34.5 Å². The first-order valence-electron chi connectivity index (χ1n) is 6.59. The van der Waals surface area contributed by atoms with E-state index in [1.807, 2.05) is 0 Å². The highest BCUT2D eigenvalue weighted by Gasteiger charge is 2.27. The van der Waals surface area contributed by atoms with E-state index in [-0.39, 0.29) is 17.3 Å². The van der Waals surface area contributed by atoms with Gasteiger partial charge >= 0.3 is 12.0 Å². The Morgan fingerprint density at radius 1 is 1.52 bits per heavy atom. The van der Waals surface area contributed by atoms with Crippen LogP contribution in [0.25, 0.3) is 0 Å². The lowest BCUT2D eigenvalue weighted by atomic mass is 10.1. The minimum atomic E-state index is -1.08. The Bertz CT molecular complexity index is 550. The van der Waals surface area contributed by atoms with Crippen LogP contribution in [0.15, 0.2) is 22.7 Å². The lowest BCUT2D eigenvalue weighted by molar-refractivity contribution is 0.0698. The summed E-state index contributed by atoms with van der Waals surface area (Å²) >= 11 is 3.27. The maximum absolute atomic E-state index is 12.3. The van der Waals surface area contributed by atoms with Gasteiger partial charge in [-0.3, -0.25) is 0 Å². The molecule has 0 radical (unpaired) electrons. The summed E-state index contributed by atoms with van der Waals surface area (Å²) in [6, 6.07) is 4.48. The van der Waals surface area contributed by atoms with E-state index < -0.39 is 5.97 Å². The number of nitrogens with one attached hydrogen (secondary N) is 1. The number of halogens is 1. The van der Waals surface area contributed by atoms with Crippen molar-refractivity contribution in [2.24, 2.45) is 5.92 Å². The summed E-state index contributed by atoms with van der Waals surface area (Å²) in [6.45, 7) is 1.89. The number of benzene rings is 1. The molecule has 1 aliphatic heterocycles. The van der Waals surface area contributed by atoms with Gasteiger partial charge < -0.3 is 20.1 Å². The number of methoxy groups -OCH3 is 1. The molecule has 1 fully saturated rings. The van der Waals surface area contributed by atoms with Crippen molar-refractivity contribution in [1.82, 2.24) is 4.90 Å². The van der Waals surface area contributed by atoms with Crippen LogP contribution in [0, 0.1) is 5.92 Å². The van der Waals surface area contributed by atoms with Gasteiger partial charge in [0.2, 0.25) is 0 Å². The Kier molecular flexibility index (Phi) is 5.19. The van der Waals surface area contributed by atoms with Crippen LogP contribution in [0.3, 0.4) is 0 Å². The molecular formula is C14H17BrN2O4. The van der Waals surface area contributed by atoms with Crippen molar-refractivity contribution in [1.29, 1.82) is 0 Å². The minimum absolute atomic E-state index is 0.0605. The molecular weight excluding hydrogens is 340 g/mol. The largest absolute Gasteiger partial charge is 0.478 e.